The molecule has 0 saturated carbocycles. The fourth-order valence-electron chi connectivity index (χ4n) is 2.08. The molecular formula is C13H17IN2O3. The van der Waals surface area contributed by atoms with E-state index in [1.54, 1.807) is 17.0 Å². The molecule has 1 saturated heterocycles. The van der Waals surface area contributed by atoms with Gasteiger partial charge in [0.2, 0.25) is 0 Å². The van der Waals surface area contributed by atoms with Crippen LogP contribution in [0.1, 0.15) is 10.4 Å². The van der Waals surface area contributed by atoms with Gasteiger partial charge in [0.15, 0.2) is 0 Å². The second kappa shape index (κ2) is 6.53. The Labute approximate surface area is 126 Å². The molecule has 1 fully saturated rings. The fraction of sp³-hybridized carbons (Fsp3) is 0.462. The summed E-state index contributed by atoms with van der Waals surface area (Å²) in [5.41, 5.74) is 0.517. The third kappa shape index (κ3) is 3.58. The number of halogens is 1. The van der Waals surface area contributed by atoms with Gasteiger partial charge in [0, 0.05) is 25.2 Å². The maximum atomic E-state index is 12.3. The molecule has 0 bridgehead atoms. The second-order valence-electron chi connectivity index (χ2n) is 4.47. The van der Waals surface area contributed by atoms with Crippen LogP contribution in [0.2, 0.25) is 0 Å². The molecular weight excluding hydrogens is 359 g/mol. The standard InChI is InChI=1S/C13H17IN2O3/c1-15-7-10-8-16(4-5-19-10)13(18)9-2-3-11(14)12(17)6-9/h2-3,6,10,15,17H,4-5,7-8H2,1H3. The van der Waals surface area contributed by atoms with E-state index in [-0.39, 0.29) is 17.8 Å². The lowest BCUT2D eigenvalue weighted by atomic mass is 10.1. The Morgan fingerprint density at radius 2 is 2.42 bits per heavy atom. The van der Waals surface area contributed by atoms with Crippen LogP contribution in [0.5, 0.6) is 5.75 Å². The van der Waals surface area contributed by atoms with Gasteiger partial charge in [-0.05, 0) is 47.8 Å². The van der Waals surface area contributed by atoms with E-state index in [9.17, 15) is 9.90 Å². The molecule has 1 heterocycles. The minimum absolute atomic E-state index is 0.0279. The van der Waals surface area contributed by atoms with Crippen LogP contribution >= 0.6 is 22.6 Å². The van der Waals surface area contributed by atoms with Gasteiger partial charge in [0.25, 0.3) is 5.91 Å². The quantitative estimate of drug-likeness (QED) is 0.775. The number of benzene rings is 1. The molecule has 1 unspecified atom stereocenters. The van der Waals surface area contributed by atoms with Gasteiger partial charge in [0.05, 0.1) is 16.3 Å². The van der Waals surface area contributed by atoms with Gasteiger partial charge in [-0.15, -0.1) is 0 Å². The Morgan fingerprint density at radius 1 is 1.63 bits per heavy atom. The van der Waals surface area contributed by atoms with Crippen LogP contribution in [0.15, 0.2) is 18.2 Å². The summed E-state index contributed by atoms with van der Waals surface area (Å²) in [4.78, 5) is 14.1. The van der Waals surface area contributed by atoms with Crippen molar-refractivity contribution in [2.24, 2.45) is 0 Å². The molecule has 1 amide bonds. The van der Waals surface area contributed by atoms with E-state index in [2.05, 4.69) is 5.32 Å². The number of carbonyl (C=O) groups is 1. The minimum atomic E-state index is -0.0592. The number of phenolic OH excluding ortho intramolecular Hbond substituents is 1. The van der Waals surface area contributed by atoms with Gasteiger partial charge in [-0.2, -0.15) is 0 Å². The molecule has 2 N–H and O–H groups in total. The molecule has 1 atom stereocenters. The summed E-state index contributed by atoms with van der Waals surface area (Å²) in [6.07, 6.45) is 0.0279. The zero-order valence-corrected chi connectivity index (χ0v) is 12.9. The van der Waals surface area contributed by atoms with E-state index in [4.69, 9.17) is 4.74 Å². The van der Waals surface area contributed by atoms with Crippen LogP contribution in [0.3, 0.4) is 0 Å². The first-order chi connectivity index (χ1) is 9.11. The zero-order chi connectivity index (χ0) is 13.8. The molecule has 2 rings (SSSR count). The first-order valence-corrected chi connectivity index (χ1v) is 7.23. The molecule has 19 heavy (non-hydrogen) atoms. The van der Waals surface area contributed by atoms with Crippen molar-refractivity contribution in [2.45, 2.75) is 6.10 Å². The van der Waals surface area contributed by atoms with Crippen LogP contribution < -0.4 is 5.32 Å². The molecule has 1 aromatic carbocycles. The molecule has 6 heteroatoms. The lowest BCUT2D eigenvalue weighted by molar-refractivity contribution is -0.0196. The van der Waals surface area contributed by atoms with Crippen molar-refractivity contribution >= 4 is 28.5 Å². The Morgan fingerprint density at radius 3 is 3.11 bits per heavy atom. The molecule has 5 nitrogen and oxygen atoms in total. The predicted octanol–water partition coefficient (Wildman–Crippen LogP) is 1.06. The van der Waals surface area contributed by atoms with Crippen molar-refractivity contribution in [3.8, 4) is 5.75 Å². The maximum absolute atomic E-state index is 12.3. The van der Waals surface area contributed by atoms with Crippen LogP contribution in [-0.4, -0.2) is 55.3 Å². The highest BCUT2D eigenvalue weighted by atomic mass is 127. The number of rotatable bonds is 3. The smallest absolute Gasteiger partial charge is 0.254 e. The number of likely N-dealkylation sites (N-methyl/N-ethyl adjacent to an activating group) is 1. The van der Waals surface area contributed by atoms with Crippen molar-refractivity contribution < 1.29 is 14.6 Å². The number of aromatic hydroxyl groups is 1. The summed E-state index contributed by atoms with van der Waals surface area (Å²) >= 11 is 2.03. The monoisotopic (exact) mass is 376 g/mol. The summed E-state index contributed by atoms with van der Waals surface area (Å²) < 4.78 is 6.31. The summed E-state index contributed by atoms with van der Waals surface area (Å²) in [7, 11) is 1.86. The average molecular weight is 376 g/mol. The number of nitrogens with zero attached hydrogens (tertiary/aromatic N) is 1. The number of amides is 1. The van der Waals surface area contributed by atoms with Crippen molar-refractivity contribution in [1.82, 2.24) is 10.2 Å². The second-order valence-corrected chi connectivity index (χ2v) is 5.63. The number of ether oxygens (including phenoxy) is 1. The Hall–Kier alpha value is -0.860. The van der Waals surface area contributed by atoms with Gasteiger partial charge in [-0.1, -0.05) is 0 Å². The van der Waals surface area contributed by atoms with E-state index >= 15 is 0 Å². The molecule has 1 aromatic rings. The third-order valence-electron chi connectivity index (χ3n) is 3.05. The van der Waals surface area contributed by atoms with Gasteiger partial charge < -0.3 is 20.1 Å². The molecule has 0 radical (unpaired) electrons. The largest absolute Gasteiger partial charge is 0.507 e. The Balaban J connectivity index is 2.08. The van der Waals surface area contributed by atoms with Gasteiger partial charge in [0.1, 0.15) is 5.75 Å². The fourth-order valence-corrected chi connectivity index (χ4v) is 2.42. The first-order valence-electron chi connectivity index (χ1n) is 6.16. The minimum Gasteiger partial charge on any atom is -0.507 e. The van der Waals surface area contributed by atoms with Crippen LogP contribution in [0.4, 0.5) is 0 Å². The number of hydrogen-bond acceptors (Lipinski definition) is 4. The molecule has 1 aliphatic heterocycles. The normalized spacial score (nSPS) is 19.5. The highest BCUT2D eigenvalue weighted by Gasteiger charge is 2.24. The predicted molar refractivity (Wildman–Crippen MR) is 80.4 cm³/mol. The van der Waals surface area contributed by atoms with Gasteiger partial charge >= 0.3 is 0 Å². The number of hydrogen-bond donors (Lipinski definition) is 2. The number of carbonyl (C=O) groups excluding carboxylic acids is 1. The van der Waals surface area contributed by atoms with E-state index in [0.717, 1.165) is 10.1 Å². The topological polar surface area (TPSA) is 61.8 Å². The van der Waals surface area contributed by atoms with Gasteiger partial charge in [-0.3, -0.25) is 4.79 Å². The zero-order valence-electron chi connectivity index (χ0n) is 10.7. The highest BCUT2D eigenvalue weighted by Crippen LogP contribution is 2.21. The summed E-state index contributed by atoms with van der Waals surface area (Å²) in [5, 5.41) is 12.7. The molecule has 0 aromatic heterocycles. The van der Waals surface area contributed by atoms with Gasteiger partial charge in [-0.25, -0.2) is 0 Å². The van der Waals surface area contributed by atoms with Crippen LogP contribution in [0, 0.1) is 3.57 Å². The number of nitrogens with one attached hydrogen (secondary N) is 1. The van der Waals surface area contributed by atoms with E-state index < -0.39 is 0 Å². The summed E-state index contributed by atoms with van der Waals surface area (Å²) in [6.45, 7) is 2.44. The lowest BCUT2D eigenvalue weighted by Crippen LogP contribution is -2.48. The first kappa shape index (κ1) is 14.5. The third-order valence-corrected chi connectivity index (χ3v) is 3.96. The molecule has 1 aliphatic rings. The number of morpholine rings is 1. The summed E-state index contributed by atoms with van der Waals surface area (Å²) in [6, 6.07) is 5.01. The SMILES string of the molecule is CNCC1CN(C(=O)c2ccc(I)c(O)c2)CCO1. The molecule has 0 spiro atoms. The lowest BCUT2D eigenvalue weighted by Gasteiger charge is -2.33. The van der Waals surface area contributed by atoms with Crippen molar-refractivity contribution in [2.75, 3.05) is 33.3 Å². The Bertz CT molecular complexity index is 465. The van der Waals surface area contributed by atoms with E-state index in [1.165, 1.54) is 6.07 Å². The van der Waals surface area contributed by atoms with Crippen LogP contribution in [0.25, 0.3) is 0 Å². The van der Waals surface area contributed by atoms with Crippen LogP contribution in [-0.2, 0) is 4.74 Å². The van der Waals surface area contributed by atoms with Crippen molar-refractivity contribution in [3.05, 3.63) is 27.3 Å². The molecule has 104 valence electrons. The average Bonchev–Trinajstić information content (AvgIpc) is 2.42. The number of phenols is 1. The van der Waals surface area contributed by atoms with Crippen molar-refractivity contribution in [1.29, 1.82) is 0 Å². The maximum Gasteiger partial charge on any atom is 0.254 e. The Kier molecular flexibility index (Phi) is 5.00. The summed E-state index contributed by atoms with van der Waals surface area (Å²) in [5.74, 6) is 0.0857. The van der Waals surface area contributed by atoms with Crippen molar-refractivity contribution in [3.63, 3.8) is 0 Å². The van der Waals surface area contributed by atoms with E-state index in [0.29, 0.717) is 25.3 Å². The highest BCUT2D eigenvalue weighted by molar-refractivity contribution is 14.1. The van der Waals surface area contributed by atoms with E-state index in [1.807, 2.05) is 29.6 Å². The molecule has 0 aliphatic carbocycles.